The van der Waals surface area contributed by atoms with Crippen LogP contribution in [0.5, 0.6) is 11.8 Å². The number of thiophene rings is 1. The van der Waals surface area contributed by atoms with Gasteiger partial charge >= 0.3 is 6.01 Å². The van der Waals surface area contributed by atoms with Crippen molar-refractivity contribution in [3.05, 3.63) is 58.2 Å². The van der Waals surface area contributed by atoms with Gasteiger partial charge in [-0.15, -0.1) is 11.3 Å². The number of nitrogens with zero attached hydrogens (tertiary/aromatic N) is 5. The molecule has 7 N–H and O–H groups in total. The summed E-state index contributed by atoms with van der Waals surface area (Å²) in [6.45, 7) is 2.93. The number of nitrogens with two attached hydrogens (primary N) is 3. The first-order valence-corrected chi connectivity index (χ1v) is 16.3. The van der Waals surface area contributed by atoms with E-state index < -0.39 is 29.4 Å². The smallest absolute Gasteiger partial charge is 0.319 e. The second-order valence-corrected chi connectivity index (χ2v) is 13.4. The highest BCUT2D eigenvalue weighted by Crippen LogP contribution is 2.50. The highest BCUT2D eigenvalue weighted by atomic mass is 35.5. The van der Waals surface area contributed by atoms with Crippen LogP contribution in [0.25, 0.3) is 32.1 Å². The molecule has 0 aliphatic carbocycles. The molecule has 2 aliphatic heterocycles. The molecule has 2 saturated heterocycles. The van der Waals surface area contributed by atoms with Gasteiger partial charge in [-0.1, -0.05) is 23.7 Å². The van der Waals surface area contributed by atoms with E-state index in [9.17, 15) is 14.0 Å². The van der Waals surface area contributed by atoms with Crippen LogP contribution in [-0.4, -0.2) is 51.3 Å². The van der Waals surface area contributed by atoms with E-state index in [-0.39, 0.29) is 77.7 Å². The fourth-order valence-electron chi connectivity index (χ4n) is 7.00. The van der Waals surface area contributed by atoms with Gasteiger partial charge in [-0.3, -0.25) is 4.90 Å². The summed E-state index contributed by atoms with van der Waals surface area (Å²) >= 11 is 7.70. The summed E-state index contributed by atoms with van der Waals surface area (Å²) in [5.41, 5.74) is 11.8. The Morgan fingerprint density at radius 3 is 2.81 bits per heavy atom. The van der Waals surface area contributed by atoms with E-state index in [1.165, 1.54) is 6.07 Å². The van der Waals surface area contributed by atoms with Crippen molar-refractivity contribution in [3.63, 3.8) is 0 Å². The lowest BCUT2D eigenvalue weighted by Gasteiger charge is -2.31. The summed E-state index contributed by atoms with van der Waals surface area (Å²) in [6.07, 6.45) is 2.49. The zero-order valence-corrected chi connectivity index (χ0v) is 27.1. The topological polar surface area (TPSA) is 174 Å². The number of ether oxygens (including phenoxy) is 1. The summed E-state index contributed by atoms with van der Waals surface area (Å²) in [4.78, 5) is 20.5. The number of alkyl halides is 1. The molecule has 5 aromatic rings. The van der Waals surface area contributed by atoms with Gasteiger partial charge < -0.3 is 26.4 Å². The maximum absolute atomic E-state index is 17.0. The molecule has 16 heteroatoms. The van der Waals surface area contributed by atoms with Crippen molar-refractivity contribution < 1.29 is 22.7 Å². The predicted octanol–water partition coefficient (Wildman–Crippen LogP) is 6.25. The average molecular weight is 696 g/mol. The third-order valence-electron chi connectivity index (χ3n) is 9.20. The molecule has 2 fully saturated rings. The lowest BCUT2D eigenvalue weighted by atomic mass is 9.95. The number of nitrogen functional groups attached to an aromatic ring is 2. The van der Waals surface area contributed by atoms with Crippen LogP contribution in [0.1, 0.15) is 43.4 Å². The van der Waals surface area contributed by atoms with Crippen LogP contribution in [0.3, 0.4) is 0 Å². The van der Waals surface area contributed by atoms with E-state index in [4.69, 9.17) is 38.5 Å². The monoisotopic (exact) mass is 695 g/mol. The van der Waals surface area contributed by atoms with E-state index in [1.54, 1.807) is 25.3 Å². The molecule has 7 rings (SSSR count). The van der Waals surface area contributed by atoms with Crippen molar-refractivity contribution in [2.75, 3.05) is 36.5 Å². The minimum Gasteiger partial charge on any atom is -0.461 e. The van der Waals surface area contributed by atoms with Gasteiger partial charge in [-0.2, -0.15) is 21.1 Å². The van der Waals surface area contributed by atoms with Crippen LogP contribution in [0.15, 0.2) is 30.5 Å². The van der Waals surface area contributed by atoms with E-state index in [2.05, 4.69) is 25.2 Å². The number of aromatic nitrogens is 3. The van der Waals surface area contributed by atoms with E-state index >= 15 is 4.39 Å². The molecule has 0 radical (unpaired) electrons. The van der Waals surface area contributed by atoms with Gasteiger partial charge in [-0.25, -0.2) is 18.2 Å². The second kappa shape index (κ2) is 12.1. The number of fused-ring (bicyclic) bond motifs is 3. The van der Waals surface area contributed by atoms with Crippen LogP contribution in [0.2, 0.25) is 5.02 Å². The third kappa shape index (κ3) is 5.07. The summed E-state index contributed by atoms with van der Waals surface area (Å²) in [5, 5.41) is 12.9. The number of halogens is 4. The van der Waals surface area contributed by atoms with Crippen molar-refractivity contribution in [1.29, 1.82) is 5.26 Å². The number of hydrogen-bond acceptors (Lipinski definition) is 12. The predicted molar refractivity (Wildman–Crippen MR) is 178 cm³/mol. The number of rotatable bonds is 8. The van der Waals surface area contributed by atoms with Gasteiger partial charge in [0.05, 0.1) is 32.3 Å². The molecule has 11 nitrogen and oxygen atoms in total. The van der Waals surface area contributed by atoms with E-state index in [0.29, 0.717) is 18.5 Å². The van der Waals surface area contributed by atoms with Crippen molar-refractivity contribution >= 4 is 60.6 Å². The zero-order valence-electron chi connectivity index (χ0n) is 25.5. The number of anilines is 3. The molecule has 2 aliphatic rings. The number of hydrogen-bond donors (Lipinski definition) is 4. The fourth-order valence-corrected chi connectivity index (χ4v) is 8.28. The average Bonchev–Trinajstić information content (AvgIpc) is 3.71. The molecule has 1 unspecified atom stereocenters. The molecule has 0 spiro atoms. The van der Waals surface area contributed by atoms with Crippen LogP contribution in [-0.2, 0) is 0 Å². The third-order valence-corrected chi connectivity index (χ3v) is 10.6. The maximum atomic E-state index is 17.0. The van der Waals surface area contributed by atoms with Gasteiger partial charge in [0, 0.05) is 35.7 Å². The van der Waals surface area contributed by atoms with E-state index in [1.807, 2.05) is 6.07 Å². The Bertz CT molecular complexity index is 2140. The van der Waals surface area contributed by atoms with Crippen molar-refractivity contribution in [2.24, 2.45) is 5.90 Å². The maximum Gasteiger partial charge on any atom is 0.319 e. The molecule has 5 heterocycles. The SMILES string of the molecule is C[C@@H](Nc1nc(OCC23CCCN2C[C@H](F)C3)nc2c(F)c(-c3ccc(F)c4sc(N)c(C#N)c34)c(Cl)c(ON)c12)c1cccnc1N. The first kappa shape index (κ1) is 32.0. The first-order chi connectivity index (χ1) is 23.1. The fraction of sp³-hybridized carbons (Fsp3) is 0.312. The normalized spacial score (nSPS) is 19.8. The van der Waals surface area contributed by atoms with Crippen molar-refractivity contribution in [1.82, 2.24) is 19.9 Å². The van der Waals surface area contributed by atoms with Gasteiger partial charge in [-0.05, 0) is 44.0 Å². The molecule has 3 aromatic heterocycles. The van der Waals surface area contributed by atoms with Crippen LogP contribution in [0, 0.1) is 23.0 Å². The lowest BCUT2D eigenvalue weighted by molar-refractivity contribution is 0.107. The van der Waals surface area contributed by atoms with Crippen LogP contribution in [0.4, 0.5) is 29.8 Å². The molecule has 0 bridgehead atoms. The number of benzene rings is 2. The molecule has 48 heavy (non-hydrogen) atoms. The minimum absolute atomic E-state index is 0.0144. The molecule has 3 atom stereocenters. The quantitative estimate of drug-likeness (QED) is 0.135. The summed E-state index contributed by atoms with van der Waals surface area (Å²) < 4.78 is 52.7. The van der Waals surface area contributed by atoms with Crippen LogP contribution < -0.4 is 32.3 Å². The largest absolute Gasteiger partial charge is 0.461 e. The summed E-state index contributed by atoms with van der Waals surface area (Å²) in [5.74, 6) is 4.31. The Hall–Kier alpha value is -4.62. The highest BCUT2D eigenvalue weighted by Gasteiger charge is 2.49. The van der Waals surface area contributed by atoms with Crippen molar-refractivity contribution in [3.8, 4) is 29.0 Å². The molecule has 248 valence electrons. The first-order valence-electron chi connectivity index (χ1n) is 15.1. The second-order valence-electron chi connectivity index (χ2n) is 12.0. The minimum atomic E-state index is -0.988. The van der Waals surface area contributed by atoms with Gasteiger partial charge in [0.15, 0.2) is 11.6 Å². The summed E-state index contributed by atoms with van der Waals surface area (Å²) in [6, 6.07) is 7.18. The molecule has 0 amide bonds. The van der Waals surface area contributed by atoms with Crippen LogP contribution >= 0.6 is 22.9 Å². The van der Waals surface area contributed by atoms with E-state index in [0.717, 1.165) is 36.8 Å². The van der Waals surface area contributed by atoms with Crippen molar-refractivity contribution in [2.45, 2.75) is 43.9 Å². The summed E-state index contributed by atoms with van der Waals surface area (Å²) in [7, 11) is 0. The van der Waals surface area contributed by atoms with Gasteiger partial charge in [0.1, 0.15) is 46.8 Å². The number of nitrogens with one attached hydrogen (secondary N) is 1. The van der Waals surface area contributed by atoms with Gasteiger partial charge in [0.25, 0.3) is 0 Å². The highest BCUT2D eigenvalue weighted by molar-refractivity contribution is 7.23. The zero-order chi connectivity index (χ0) is 33.9. The van der Waals surface area contributed by atoms with Gasteiger partial charge in [0.2, 0.25) is 0 Å². The Morgan fingerprint density at radius 1 is 1.25 bits per heavy atom. The molecule has 0 saturated carbocycles. The number of pyridine rings is 1. The Labute approximate surface area is 281 Å². The Kier molecular flexibility index (Phi) is 8.07. The Morgan fingerprint density at radius 2 is 2.06 bits per heavy atom. The molecular weight excluding hydrogens is 667 g/mol. The molecular formula is C32H29ClF3N9O2S. The number of nitriles is 1. The standard InChI is InChI=1S/C32H29ClF3N9O2S/c1-14(16-4-2-8-41-28(16)38)42-30-22-25(43-31(44-30)46-13-32-7-3-9-45(32)12-15(34)10-32)24(36)21(23(33)26(22)47-40)17-5-6-19(35)27-20(17)18(11-37)29(39)48-27/h2,4-6,8,14-15H,3,7,9-10,12-13,39-40H2,1H3,(H2,38,41)(H,42,43,44)/t14-,15-,32?/m1/s1. The molecule has 2 aromatic carbocycles. The Balaban J connectivity index is 1.44. The lowest BCUT2D eigenvalue weighted by Crippen LogP contribution is -2.43.